The van der Waals surface area contributed by atoms with Crippen molar-refractivity contribution in [3.05, 3.63) is 4.91 Å². The Labute approximate surface area is 95.1 Å². The molecule has 0 aromatic carbocycles. The molecule has 3 saturated heterocycles. The summed E-state index contributed by atoms with van der Waals surface area (Å²) in [5, 5.41) is 3.08. The number of hydrogen-bond donors (Lipinski definition) is 0. The van der Waals surface area contributed by atoms with E-state index in [4.69, 9.17) is 9.47 Å². The molecular weight excluding hydrogens is 208 g/mol. The molecule has 0 saturated carbocycles. The molecule has 2 unspecified atom stereocenters. The smallest absolute Gasteiger partial charge is 0.0924 e. The number of rotatable bonds is 4. The fraction of sp³-hybridized carbons (Fsp3) is 1.00. The minimum absolute atomic E-state index is 0.0000694. The van der Waals surface area contributed by atoms with Gasteiger partial charge in [-0.25, -0.2) is 0 Å². The summed E-state index contributed by atoms with van der Waals surface area (Å²) in [4.78, 5) is 13.0. The van der Waals surface area contributed by atoms with E-state index in [0.717, 1.165) is 19.8 Å². The Morgan fingerprint density at radius 3 is 2.38 bits per heavy atom. The van der Waals surface area contributed by atoms with Crippen LogP contribution in [0.3, 0.4) is 0 Å². The van der Waals surface area contributed by atoms with Crippen molar-refractivity contribution in [2.24, 2.45) is 10.6 Å². The van der Waals surface area contributed by atoms with Crippen molar-refractivity contribution < 1.29 is 9.47 Å². The Morgan fingerprint density at radius 2 is 1.88 bits per heavy atom. The highest BCUT2D eigenvalue weighted by Gasteiger charge is 2.46. The Morgan fingerprint density at radius 1 is 1.19 bits per heavy atom. The lowest BCUT2D eigenvalue weighted by Gasteiger charge is -2.46. The lowest BCUT2D eigenvalue weighted by molar-refractivity contribution is -0.137. The van der Waals surface area contributed by atoms with Crippen LogP contribution in [0.5, 0.6) is 0 Å². The minimum Gasteiger partial charge on any atom is -0.380 e. The number of nitroso groups, excluding NO2 is 1. The summed E-state index contributed by atoms with van der Waals surface area (Å²) in [7, 11) is 0. The van der Waals surface area contributed by atoms with Gasteiger partial charge >= 0.3 is 0 Å². The van der Waals surface area contributed by atoms with Gasteiger partial charge in [-0.3, -0.25) is 4.90 Å². The molecule has 90 valence electrons. The van der Waals surface area contributed by atoms with Crippen molar-refractivity contribution in [2.45, 2.75) is 24.9 Å². The van der Waals surface area contributed by atoms with Crippen LogP contribution in [0, 0.1) is 10.3 Å². The Kier molecular flexibility index (Phi) is 2.69. The fourth-order valence-corrected chi connectivity index (χ4v) is 3.12. The molecule has 0 radical (unpaired) electrons. The van der Waals surface area contributed by atoms with Gasteiger partial charge in [-0.05, 0) is 12.8 Å². The fourth-order valence-electron chi connectivity index (χ4n) is 3.12. The lowest BCUT2D eigenvalue weighted by atomic mass is 9.85. The quantitative estimate of drug-likeness (QED) is 0.660. The topological polar surface area (TPSA) is 51.1 Å². The van der Waals surface area contributed by atoms with Gasteiger partial charge in [0.05, 0.1) is 38.4 Å². The second-order valence-electron chi connectivity index (χ2n) is 5.37. The van der Waals surface area contributed by atoms with E-state index in [1.807, 2.05) is 0 Å². The van der Waals surface area contributed by atoms with Crippen molar-refractivity contribution in [1.29, 1.82) is 0 Å². The van der Waals surface area contributed by atoms with Gasteiger partial charge < -0.3 is 9.47 Å². The van der Waals surface area contributed by atoms with Crippen molar-refractivity contribution in [3.63, 3.8) is 0 Å². The number of morpholine rings is 1. The summed E-state index contributed by atoms with van der Waals surface area (Å²) >= 11 is 0. The van der Waals surface area contributed by atoms with Crippen LogP contribution >= 0.6 is 0 Å². The van der Waals surface area contributed by atoms with Crippen molar-refractivity contribution >= 4 is 0 Å². The molecule has 5 nitrogen and oxygen atoms in total. The molecule has 3 rings (SSSR count). The third-order valence-electron chi connectivity index (χ3n) is 4.13. The number of hydrogen-bond acceptors (Lipinski definition) is 5. The van der Waals surface area contributed by atoms with E-state index >= 15 is 0 Å². The minimum atomic E-state index is -0.0000694. The standard InChI is InChI=1S/C11H18N2O3/c14-12-5-11(7-16-8-11)6-13-9-1-2-10(13)4-15-3-9/h9-10H,1-8H2. The van der Waals surface area contributed by atoms with E-state index in [1.54, 1.807) is 0 Å². The zero-order valence-corrected chi connectivity index (χ0v) is 9.43. The highest BCUT2D eigenvalue weighted by atomic mass is 16.5. The maximum atomic E-state index is 10.5. The Hall–Kier alpha value is -0.520. The molecule has 2 bridgehead atoms. The summed E-state index contributed by atoms with van der Waals surface area (Å²) in [6.45, 7) is 4.43. The first-order chi connectivity index (χ1) is 7.83. The van der Waals surface area contributed by atoms with Crippen LogP contribution in [-0.4, -0.2) is 56.5 Å². The third kappa shape index (κ3) is 1.67. The lowest BCUT2D eigenvalue weighted by Crippen LogP contribution is -2.57. The second kappa shape index (κ2) is 4.05. The maximum Gasteiger partial charge on any atom is 0.0924 e. The van der Waals surface area contributed by atoms with Gasteiger partial charge in [-0.1, -0.05) is 5.18 Å². The molecule has 0 N–H and O–H groups in total. The van der Waals surface area contributed by atoms with Gasteiger partial charge in [0.1, 0.15) is 0 Å². The zero-order chi connectivity index (χ0) is 11.0. The Balaban J connectivity index is 1.67. The highest BCUT2D eigenvalue weighted by molar-refractivity contribution is 4.98. The van der Waals surface area contributed by atoms with Crippen LogP contribution < -0.4 is 0 Å². The van der Waals surface area contributed by atoms with Crippen LogP contribution in [0.2, 0.25) is 0 Å². The summed E-state index contributed by atoms with van der Waals surface area (Å²) in [5.74, 6) is 0. The average molecular weight is 226 g/mol. The molecule has 3 fully saturated rings. The van der Waals surface area contributed by atoms with E-state index in [-0.39, 0.29) is 5.41 Å². The van der Waals surface area contributed by atoms with Gasteiger partial charge in [0, 0.05) is 18.6 Å². The molecule has 0 amide bonds. The molecule has 0 spiro atoms. The van der Waals surface area contributed by atoms with E-state index in [0.29, 0.717) is 31.8 Å². The van der Waals surface area contributed by atoms with Gasteiger partial charge in [-0.2, -0.15) is 4.91 Å². The monoisotopic (exact) mass is 226 g/mol. The van der Waals surface area contributed by atoms with E-state index in [1.165, 1.54) is 12.8 Å². The van der Waals surface area contributed by atoms with Crippen LogP contribution in [-0.2, 0) is 9.47 Å². The summed E-state index contributed by atoms with van der Waals surface area (Å²) in [5.41, 5.74) is -0.0000694. The SMILES string of the molecule is O=NCC1(CN2C3CCC2COC3)COC1. The summed E-state index contributed by atoms with van der Waals surface area (Å²) in [6.07, 6.45) is 2.46. The molecule has 0 aromatic rings. The Bertz CT molecular complexity index is 264. The van der Waals surface area contributed by atoms with Crippen LogP contribution in [0.1, 0.15) is 12.8 Å². The highest BCUT2D eigenvalue weighted by Crippen LogP contribution is 2.36. The first-order valence-electron chi connectivity index (χ1n) is 6.03. The third-order valence-corrected chi connectivity index (χ3v) is 4.13. The predicted molar refractivity (Wildman–Crippen MR) is 58.2 cm³/mol. The molecule has 3 heterocycles. The number of fused-ring (bicyclic) bond motifs is 2. The first-order valence-corrected chi connectivity index (χ1v) is 6.03. The molecule has 0 aromatic heterocycles. The molecule has 16 heavy (non-hydrogen) atoms. The zero-order valence-electron chi connectivity index (χ0n) is 9.43. The molecule has 5 heteroatoms. The molecule has 3 aliphatic heterocycles. The maximum absolute atomic E-state index is 10.5. The molecular formula is C11H18N2O3. The summed E-state index contributed by atoms with van der Waals surface area (Å²) in [6, 6.07) is 1.12. The van der Waals surface area contributed by atoms with Crippen LogP contribution in [0.15, 0.2) is 5.18 Å². The van der Waals surface area contributed by atoms with Crippen molar-refractivity contribution in [3.8, 4) is 0 Å². The van der Waals surface area contributed by atoms with E-state index in [2.05, 4.69) is 10.1 Å². The predicted octanol–water partition coefficient (Wildman–Crippen LogP) is 0.633. The van der Waals surface area contributed by atoms with Gasteiger partial charge in [-0.15, -0.1) is 0 Å². The average Bonchev–Trinajstić information content (AvgIpc) is 2.49. The first kappa shape index (κ1) is 10.6. The number of nitrogens with zero attached hydrogens (tertiary/aromatic N) is 2. The van der Waals surface area contributed by atoms with Gasteiger partial charge in [0.2, 0.25) is 0 Å². The molecule has 0 aliphatic carbocycles. The van der Waals surface area contributed by atoms with Gasteiger partial charge in [0.25, 0.3) is 0 Å². The van der Waals surface area contributed by atoms with E-state index < -0.39 is 0 Å². The van der Waals surface area contributed by atoms with Crippen molar-refractivity contribution in [1.82, 2.24) is 4.90 Å². The van der Waals surface area contributed by atoms with Crippen LogP contribution in [0.4, 0.5) is 0 Å². The van der Waals surface area contributed by atoms with Crippen molar-refractivity contribution in [2.75, 3.05) is 39.5 Å². The van der Waals surface area contributed by atoms with E-state index in [9.17, 15) is 4.91 Å². The van der Waals surface area contributed by atoms with Gasteiger partial charge in [0.15, 0.2) is 0 Å². The normalized spacial score (nSPS) is 37.0. The number of ether oxygens (including phenoxy) is 2. The van der Waals surface area contributed by atoms with Crippen LogP contribution in [0.25, 0.3) is 0 Å². The molecule has 2 atom stereocenters. The summed E-state index contributed by atoms with van der Waals surface area (Å²) < 4.78 is 10.8. The second-order valence-corrected chi connectivity index (χ2v) is 5.37. The largest absolute Gasteiger partial charge is 0.380 e. The molecule has 3 aliphatic rings.